The first-order chi connectivity index (χ1) is 19.9. The van der Waals surface area contributed by atoms with E-state index in [-0.39, 0.29) is 62.5 Å². The molecule has 6 rings (SSSR count). The number of hydrogen-bond acceptors (Lipinski definition) is 12. The summed E-state index contributed by atoms with van der Waals surface area (Å²) in [5.74, 6) is -5.17. The van der Waals surface area contributed by atoms with Crippen LogP contribution in [0.4, 0.5) is 0 Å². The SMILES string of the molecule is O=C1C[C@@H](c2cc(O)c(O)cc2-c2c(O)cc(O)c3c(=O)cc(-c4ccc(O)c(O)c4)oc23)Oc2cc(O)cc(O)c21. The van der Waals surface area contributed by atoms with Crippen molar-refractivity contribution in [3.63, 3.8) is 0 Å². The second-order valence-corrected chi connectivity index (χ2v) is 9.67. The van der Waals surface area contributed by atoms with Crippen LogP contribution in [0.2, 0.25) is 0 Å². The summed E-state index contributed by atoms with van der Waals surface area (Å²) in [6.07, 6.45) is -1.57. The standard InChI is InChI=1S/C30H20O12/c31-12-4-19(36)28-22(39)10-25(41-26(28)5-12)13-6-17(34)18(35)7-14(13)27-20(37)8-21(38)29-23(40)9-24(42-30(27)29)11-1-2-15(32)16(33)3-11/h1-9,25,31-38H,10H2/t25-/m0/s1. The molecule has 12 heteroatoms. The van der Waals surface area contributed by atoms with E-state index in [4.69, 9.17) is 9.15 Å². The summed E-state index contributed by atoms with van der Waals surface area (Å²) in [7, 11) is 0. The summed E-state index contributed by atoms with van der Waals surface area (Å²) in [5, 5.41) is 81.8. The van der Waals surface area contributed by atoms with Crippen molar-refractivity contribution in [2.24, 2.45) is 0 Å². The second kappa shape index (κ2) is 9.27. The van der Waals surface area contributed by atoms with E-state index in [1.165, 1.54) is 6.07 Å². The van der Waals surface area contributed by atoms with Crippen molar-refractivity contribution in [1.82, 2.24) is 0 Å². The third-order valence-electron chi connectivity index (χ3n) is 6.97. The molecule has 0 fully saturated rings. The van der Waals surface area contributed by atoms with Crippen LogP contribution < -0.4 is 10.2 Å². The van der Waals surface area contributed by atoms with Crippen LogP contribution in [0.25, 0.3) is 33.4 Å². The third kappa shape index (κ3) is 4.09. The molecule has 0 saturated heterocycles. The van der Waals surface area contributed by atoms with Crippen molar-refractivity contribution in [3.8, 4) is 74.2 Å². The summed E-state index contributed by atoms with van der Waals surface area (Å²) < 4.78 is 11.9. The molecule has 1 aliphatic heterocycles. The monoisotopic (exact) mass is 572 g/mol. The van der Waals surface area contributed by atoms with Gasteiger partial charge in [0.25, 0.3) is 0 Å². The molecule has 12 nitrogen and oxygen atoms in total. The molecule has 212 valence electrons. The van der Waals surface area contributed by atoms with Gasteiger partial charge in [0.1, 0.15) is 51.6 Å². The van der Waals surface area contributed by atoms with Crippen LogP contribution in [0.5, 0.6) is 51.7 Å². The van der Waals surface area contributed by atoms with E-state index in [0.717, 1.165) is 48.5 Å². The number of ketones is 1. The molecule has 42 heavy (non-hydrogen) atoms. The summed E-state index contributed by atoms with van der Waals surface area (Å²) >= 11 is 0. The highest BCUT2D eigenvalue weighted by Gasteiger charge is 2.34. The minimum absolute atomic E-state index is 0.0322. The maximum atomic E-state index is 13.2. The predicted octanol–water partition coefficient (Wildman–Crippen LogP) is 4.48. The van der Waals surface area contributed by atoms with Gasteiger partial charge in [-0.25, -0.2) is 0 Å². The number of fused-ring (bicyclic) bond motifs is 2. The molecule has 0 saturated carbocycles. The van der Waals surface area contributed by atoms with Crippen LogP contribution in [-0.2, 0) is 0 Å². The van der Waals surface area contributed by atoms with Crippen molar-refractivity contribution in [2.75, 3.05) is 0 Å². The minimum atomic E-state index is -1.19. The molecule has 1 aromatic heterocycles. The Hall–Kier alpha value is -6.04. The fraction of sp³-hybridized carbons (Fsp3) is 0.0667. The summed E-state index contributed by atoms with van der Waals surface area (Å²) in [4.78, 5) is 26.2. The highest BCUT2D eigenvalue weighted by molar-refractivity contribution is 6.04. The quantitative estimate of drug-likeness (QED) is 0.140. The molecule has 0 bridgehead atoms. The topological polar surface area (TPSA) is 218 Å². The third-order valence-corrected chi connectivity index (χ3v) is 6.97. The van der Waals surface area contributed by atoms with Crippen LogP contribution >= 0.6 is 0 Å². The fourth-order valence-corrected chi connectivity index (χ4v) is 5.06. The first-order valence-corrected chi connectivity index (χ1v) is 12.3. The number of rotatable bonds is 3. The smallest absolute Gasteiger partial charge is 0.197 e. The van der Waals surface area contributed by atoms with Crippen molar-refractivity contribution < 1.29 is 54.8 Å². The van der Waals surface area contributed by atoms with Gasteiger partial charge in [0, 0.05) is 41.0 Å². The Morgan fingerprint density at radius 3 is 2.07 bits per heavy atom. The minimum Gasteiger partial charge on any atom is -0.508 e. The Kier molecular flexibility index (Phi) is 5.78. The second-order valence-electron chi connectivity index (χ2n) is 9.67. The summed E-state index contributed by atoms with van der Waals surface area (Å²) in [5.41, 5.74) is -1.37. The Balaban J connectivity index is 1.62. The largest absolute Gasteiger partial charge is 0.508 e. The van der Waals surface area contributed by atoms with Crippen molar-refractivity contribution in [1.29, 1.82) is 0 Å². The van der Waals surface area contributed by atoms with Gasteiger partial charge >= 0.3 is 0 Å². The number of hydrogen-bond donors (Lipinski definition) is 8. The van der Waals surface area contributed by atoms with E-state index in [2.05, 4.69) is 0 Å². The number of phenolic OH excluding ortho intramolecular Hbond substituents is 8. The van der Waals surface area contributed by atoms with Crippen LogP contribution in [0.15, 0.2) is 63.8 Å². The number of phenols is 8. The predicted molar refractivity (Wildman–Crippen MR) is 145 cm³/mol. The van der Waals surface area contributed by atoms with Gasteiger partial charge in [0.2, 0.25) is 0 Å². The van der Waals surface area contributed by atoms with Crippen LogP contribution in [0.3, 0.4) is 0 Å². The molecule has 4 aromatic carbocycles. The van der Waals surface area contributed by atoms with E-state index in [1.807, 2.05) is 0 Å². The van der Waals surface area contributed by atoms with Crippen molar-refractivity contribution in [2.45, 2.75) is 12.5 Å². The normalized spacial score (nSPS) is 14.5. The molecule has 0 amide bonds. The number of carbonyl (C=O) groups excluding carboxylic acids is 1. The average Bonchev–Trinajstić information content (AvgIpc) is 2.90. The van der Waals surface area contributed by atoms with E-state index < -0.39 is 57.6 Å². The molecule has 2 heterocycles. The number of aromatic hydroxyl groups is 8. The van der Waals surface area contributed by atoms with Gasteiger partial charge in [-0.3, -0.25) is 9.59 Å². The molecular formula is C30H20O12. The lowest BCUT2D eigenvalue weighted by molar-refractivity contribution is 0.0845. The van der Waals surface area contributed by atoms with Gasteiger partial charge in [-0.1, -0.05) is 0 Å². The van der Waals surface area contributed by atoms with Gasteiger partial charge in [-0.2, -0.15) is 0 Å². The zero-order valence-electron chi connectivity index (χ0n) is 21.2. The molecule has 0 radical (unpaired) electrons. The van der Waals surface area contributed by atoms with Gasteiger partial charge < -0.3 is 50.0 Å². The van der Waals surface area contributed by atoms with Gasteiger partial charge in [0.15, 0.2) is 39.8 Å². The highest BCUT2D eigenvalue weighted by atomic mass is 16.5. The molecule has 0 unspecified atom stereocenters. The van der Waals surface area contributed by atoms with Crippen molar-refractivity contribution >= 4 is 16.8 Å². The molecule has 1 atom stereocenters. The van der Waals surface area contributed by atoms with Gasteiger partial charge in [0.05, 0.1) is 12.0 Å². The van der Waals surface area contributed by atoms with Crippen LogP contribution in [0.1, 0.15) is 28.4 Å². The van der Waals surface area contributed by atoms with Crippen LogP contribution in [-0.4, -0.2) is 46.6 Å². The summed E-state index contributed by atoms with van der Waals surface area (Å²) in [6.45, 7) is 0. The Morgan fingerprint density at radius 2 is 1.33 bits per heavy atom. The zero-order chi connectivity index (χ0) is 30.0. The van der Waals surface area contributed by atoms with E-state index in [0.29, 0.717) is 0 Å². The van der Waals surface area contributed by atoms with Crippen molar-refractivity contribution in [3.05, 3.63) is 75.9 Å². The molecule has 5 aromatic rings. The number of benzene rings is 4. The number of Topliss-reactive ketones (excluding diaryl/α,β-unsaturated/α-hetero) is 1. The highest BCUT2D eigenvalue weighted by Crippen LogP contribution is 2.49. The maximum Gasteiger partial charge on any atom is 0.197 e. The zero-order valence-corrected chi connectivity index (χ0v) is 21.2. The van der Waals surface area contributed by atoms with Crippen LogP contribution in [0, 0.1) is 0 Å². The molecule has 0 aliphatic carbocycles. The Morgan fingerprint density at radius 1 is 0.643 bits per heavy atom. The first-order valence-electron chi connectivity index (χ1n) is 12.3. The van der Waals surface area contributed by atoms with E-state index in [1.54, 1.807) is 0 Å². The molecule has 1 aliphatic rings. The number of ether oxygens (including phenoxy) is 1. The van der Waals surface area contributed by atoms with E-state index in [9.17, 15) is 50.4 Å². The summed E-state index contributed by atoms with van der Waals surface area (Å²) in [6, 6.07) is 9.77. The maximum absolute atomic E-state index is 13.2. The Labute approximate surface area is 234 Å². The van der Waals surface area contributed by atoms with E-state index >= 15 is 0 Å². The lowest BCUT2D eigenvalue weighted by atomic mass is 9.89. The fourth-order valence-electron chi connectivity index (χ4n) is 5.06. The van der Waals surface area contributed by atoms with Gasteiger partial charge in [-0.05, 0) is 30.3 Å². The Bertz CT molecular complexity index is 2020. The lowest BCUT2D eigenvalue weighted by Gasteiger charge is -2.28. The number of carbonyl (C=O) groups is 1. The molecule has 0 spiro atoms. The first kappa shape index (κ1) is 26.2. The molecular weight excluding hydrogens is 552 g/mol. The van der Waals surface area contributed by atoms with Gasteiger partial charge in [-0.15, -0.1) is 0 Å². The lowest BCUT2D eigenvalue weighted by Crippen LogP contribution is -2.21. The molecule has 8 N–H and O–H groups in total. The average molecular weight is 572 g/mol.